The van der Waals surface area contributed by atoms with Crippen molar-refractivity contribution in [3.63, 3.8) is 0 Å². The molecule has 1 N–H and O–H groups in total. The summed E-state index contributed by atoms with van der Waals surface area (Å²) in [5, 5.41) is 8.90. The van der Waals surface area contributed by atoms with Gasteiger partial charge in [-0.15, -0.1) is 0 Å². The standard InChI is InChI=1S/C10H13N3O/c1-12-8-11-4-10(12)6-13-3-2-9(5-13)7-14/h2-5,8,14H,6-7H2,1H3. The largest absolute Gasteiger partial charge is 0.392 e. The lowest BCUT2D eigenvalue weighted by Crippen LogP contribution is -2.01. The van der Waals surface area contributed by atoms with E-state index in [4.69, 9.17) is 5.11 Å². The molecule has 0 unspecified atom stereocenters. The lowest BCUT2D eigenvalue weighted by Gasteiger charge is -2.02. The molecule has 0 aliphatic heterocycles. The molecule has 2 aromatic heterocycles. The maximum absolute atomic E-state index is 8.90. The van der Waals surface area contributed by atoms with E-state index in [1.54, 1.807) is 6.33 Å². The fourth-order valence-corrected chi connectivity index (χ4v) is 1.41. The molecule has 2 rings (SSSR count). The Bertz CT molecular complexity index is 416. The van der Waals surface area contributed by atoms with E-state index in [0.29, 0.717) is 0 Å². The summed E-state index contributed by atoms with van der Waals surface area (Å²) >= 11 is 0. The Labute approximate surface area is 82.4 Å². The average Bonchev–Trinajstić information content (AvgIpc) is 2.77. The number of imidazole rings is 1. The van der Waals surface area contributed by atoms with Gasteiger partial charge in [-0.3, -0.25) is 0 Å². The third kappa shape index (κ3) is 1.70. The van der Waals surface area contributed by atoms with Crippen molar-refractivity contribution in [1.82, 2.24) is 14.1 Å². The molecule has 0 fully saturated rings. The number of hydrogen-bond acceptors (Lipinski definition) is 2. The lowest BCUT2D eigenvalue weighted by molar-refractivity contribution is 0.281. The van der Waals surface area contributed by atoms with Crippen LogP contribution in [0, 0.1) is 0 Å². The van der Waals surface area contributed by atoms with Gasteiger partial charge in [0.25, 0.3) is 0 Å². The third-order valence-corrected chi connectivity index (χ3v) is 2.26. The van der Waals surface area contributed by atoms with Gasteiger partial charge in [0.15, 0.2) is 0 Å². The predicted molar refractivity (Wildman–Crippen MR) is 52.7 cm³/mol. The predicted octanol–water partition coefficient (Wildman–Crippen LogP) is 0.762. The summed E-state index contributed by atoms with van der Waals surface area (Å²) < 4.78 is 4.02. The van der Waals surface area contributed by atoms with Crippen molar-refractivity contribution in [2.45, 2.75) is 13.2 Å². The normalized spacial score (nSPS) is 10.7. The molecular formula is C10H13N3O. The van der Waals surface area contributed by atoms with Crippen molar-refractivity contribution in [1.29, 1.82) is 0 Å². The second-order valence-electron chi connectivity index (χ2n) is 3.35. The van der Waals surface area contributed by atoms with Gasteiger partial charge >= 0.3 is 0 Å². The molecule has 4 nitrogen and oxygen atoms in total. The first-order valence-electron chi connectivity index (χ1n) is 4.50. The van der Waals surface area contributed by atoms with Crippen LogP contribution in [-0.4, -0.2) is 19.2 Å². The van der Waals surface area contributed by atoms with E-state index in [1.807, 2.05) is 40.8 Å². The van der Waals surface area contributed by atoms with Crippen molar-refractivity contribution in [3.8, 4) is 0 Å². The maximum atomic E-state index is 8.90. The Morgan fingerprint density at radius 2 is 2.36 bits per heavy atom. The fourth-order valence-electron chi connectivity index (χ4n) is 1.41. The molecule has 0 saturated heterocycles. The Morgan fingerprint density at radius 1 is 1.50 bits per heavy atom. The van der Waals surface area contributed by atoms with Crippen LogP contribution in [0.5, 0.6) is 0 Å². The minimum absolute atomic E-state index is 0.0956. The first-order chi connectivity index (χ1) is 6.79. The highest BCUT2D eigenvalue weighted by molar-refractivity contribution is 5.10. The van der Waals surface area contributed by atoms with Crippen molar-refractivity contribution >= 4 is 0 Å². The molecule has 0 bridgehead atoms. The zero-order chi connectivity index (χ0) is 9.97. The summed E-state index contributed by atoms with van der Waals surface area (Å²) in [5.74, 6) is 0. The van der Waals surface area contributed by atoms with Gasteiger partial charge in [-0.25, -0.2) is 4.98 Å². The number of aliphatic hydroxyl groups is 1. The summed E-state index contributed by atoms with van der Waals surface area (Å²) in [6.07, 6.45) is 7.52. The van der Waals surface area contributed by atoms with Crippen molar-refractivity contribution in [3.05, 3.63) is 42.2 Å². The van der Waals surface area contributed by atoms with Gasteiger partial charge in [0.05, 0.1) is 25.2 Å². The van der Waals surface area contributed by atoms with Crippen LogP contribution in [0.15, 0.2) is 31.0 Å². The van der Waals surface area contributed by atoms with Crippen LogP contribution in [0.4, 0.5) is 0 Å². The van der Waals surface area contributed by atoms with Crippen LogP contribution in [0.3, 0.4) is 0 Å². The Kier molecular flexibility index (Phi) is 2.37. The number of aryl methyl sites for hydroxylation is 1. The number of hydrogen-bond donors (Lipinski definition) is 1. The summed E-state index contributed by atoms with van der Waals surface area (Å²) in [7, 11) is 1.97. The molecule has 0 aliphatic carbocycles. The molecule has 0 saturated carbocycles. The molecular weight excluding hydrogens is 178 g/mol. The molecule has 0 aliphatic rings. The lowest BCUT2D eigenvalue weighted by atomic mass is 10.4. The first-order valence-corrected chi connectivity index (χ1v) is 4.50. The molecule has 4 heteroatoms. The molecule has 14 heavy (non-hydrogen) atoms. The first kappa shape index (κ1) is 9.02. The second-order valence-corrected chi connectivity index (χ2v) is 3.35. The molecule has 0 radical (unpaired) electrons. The topological polar surface area (TPSA) is 43.0 Å². The molecule has 0 aromatic carbocycles. The van der Waals surface area contributed by atoms with Gasteiger partial charge in [0.2, 0.25) is 0 Å². The highest BCUT2D eigenvalue weighted by Crippen LogP contribution is 2.05. The monoisotopic (exact) mass is 191 g/mol. The van der Waals surface area contributed by atoms with Crippen LogP contribution in [-0.2, 0) is 20.2 Å². The van der Waals surface area contributed by atoms with Gasteiger partial charge in [0.1, 0.15) is 0 Å². The highest BCUT2D eigenvalue weighted by Gasteiger charge is 2.00. The smallest absolute Gasteiger partial charge is 0.0946 e. The van der Waals surface area contributed by atoms with Crippen molar-refractivity contribution in [2.24, 2.45) is 7.05 Å². The van der Waals surface area contributed by atoms with Gasteiger partial charge in [0, 0.05) is 25.6 Å². The summed E-state index contributed by atoms with van der Waals surface area (Å²) in [4.78, 5) is 4.05. The number of nitrogens with zero attached hydrogens (tertiary/aromatic N) is 3. The van der Waals surface area contributed by atoms with E-state index < -0.39 is 0 Å². The Morgan fingerprint density at radius 3 is 2.93 bits per heavy atom. The van der Waals surface area contributed by atoms with E-state index in [1.165, 1.54) is 0 Å². The Hall–Kier alpha value is -1.55. The van der Waals surface area contributed by atoms with Crippen LogP contribution in [0.2, 0.25) is 0 Å². The average molecular weight is 191 g/mol. The van der Waals surface area contributed by atoms with E-state index in [9.17, 15) is 0 Å². The van der Waals surface area contributed by atoms with E-state index in [-0.39, 0.29) is 6.61 Å². The van der Waals surface area contributed by atoms with Gasteiger partial charge < -0.3 is 14.2 Å². The molecule has 0 atom stereocenters. The molecule has 0 spiro atoms. The molecule has 0 amide bonds. The number of aromatic nitrogens is 3. The summed E-state index contributed by atoms with van der Waals surface area (Å²) in [6.45, 7) is 0.884. The van der Waals surface area contributed by atoms with Crippen LogP contribution in [0.1, 0.15) is 11.3 Å². The van der Waals surface area contributed by atoms with Crippen molar-refractivity contribution < 1.29 is 5.11 Å². The van der Waals surface area contributed by atoms with Crippen LogP contribution >= 0.6 is 0 Å². The summed E-state index contributed by atoms with van der Waals surface area (Å²) in [5.41, 5.74) is 2.08. The van der Waals surface area contributed by atoms with Gasteiger partial charge in [-0.1, -0.05) is 0 Å². The summed E-state index contributed by atoms with van der Waals surface area (Å²) in [6, 6.07) is 1.91. The minimum Gasteiger partial charge on any atom is -0.392 e. The van der Waals surface area contributed by atoms with Crippen LogP contribution in [0.25, 0.3) is 0 Å². The van der Waals surface area contributed by atoms with Gasteiger partial charge in [-0.05, 0) is 11.6 Å². The SMILES string of the molecule is Cn1cncc1Cn1ccc(CO)c1. The van der Waals surface area contributed by atoms with E-state index >= 15 is 0 Å². The molecule has 2 aromatic rings. The number of rotatable bonds is 3. The second kappa shape index (κ2) is 3.67. The highest BCUT2D eigenvalue weighted by atomic mass is 16.3. The zero-order valence-electron chi connectivity index (χ0n) is 8.09. The van der Waals surface area contributed by atoms with Gasteiger partial charge in [-0.2, -0.15) is 0 Å². The van der Waals surface area contributed by atoms with E-state index in [2.05, 4.69) is 4.98 Å². The molecule has 74 valence electrons. The fraction of sp³-hybridized carbons (Fsp3) is 0.300. The number of aliphatic hydroxyl groups excluding tert-OH is 1. The molecule has 2 heterocycles. The minimum atomic E-state index is 0.0956. The van der Waals surface area contributed by atoms with E-state index in [0.717, 1.165) is 17.8 Å². The Balaban J connectivity index is 2.15. The van der Waals surface area contributed by atoms with Crippen molar-refractivity contribution in [2.75, 3.05) is 0 Å². The third-order valence-electron chi connectivity index (χ3n) is 2.26. The maximum Gasteiger partial charge on any atom is 0.0946 e. The quantitative estimate of drug-likeness (QED) is 0.778. The zero-order valence-corrected chi connectivity index (χ0v) is 8.09. The van der Waals surface area contributed by atoms with Crippen LogP contribution < -0.4 is 0 Å².